The monoisotopic (exact) mass is 76.0 g/mol. The quantitative estimate of drug-likeness (QED) is 0.462. The molecule has 0 rings (SSSR count). The van der Waals surface area contributed by atoms with Gasteiger partial charge in [-0.05, 0) is 6.08 Å². The van der Waals surface area contributed by atoms with E-state index in [0.29, 0.717) is 6.26 Å². The summed E-state index contributed by atoms with van der Waals surface area (Å²) in [6.45, 7) is -0.587. The van der Waals surface area contributed by atoms with Gasteiger partial charge in [-0.25, -0.2) is 4.39 Å². The molecule has 2 heteroatoms. The Hall–Kier alpha value is -0.530. The first-order valence-electron chi connectivity index (χ1n) is 1.27. The highest BCUT2D eigenvalue weighted by Gasteiger charge is 1.57. The number of halogens is 1. The van der Waals surface area contributed by atoms with E-state index in [0.717, 1.165) is 6.08 Å². The van der Waals surface area contributed by atoms with Crippen LogP contribution in [-0.4, -0.2) is 11.8 Å². The molecule has 0 fully saturated rings. The van der Waals surface area contributed by atoms with Crippen molar-refractivity contribution in [3.63, 3.8) is 0 Å². The van der Waals surface area contributed by atoms with E-state index in [9.17, 15) is 4.39 Å². The van der Waals surface area contributed by atoms with Crippen LogP contribution < -0.4 is 0 Å². The SMILES string of the molecule is OC=CCF. The Labute approximate surface area is 29.7 Å². The minimum Gasteiger partial charge on any atom is -0.516 e. The molecule has 0 aliphatic rings. The minimum absolute atomic E-state index is 0.587. The normalized spacial score (nSPS) is 9.80. The Morgan fingerprint density at radius 1 is 1.80 bits per heavy atom. The van der Waals surface area contributed by atoms with Crippen LogP contribution in [-0.2, 0) is 0 Å². The van der Waals surface area contributed by atoms with Gasteiger partial charge in [0.05, 0.1) is 6.26 Å². The fourth-order valence-electron chi connectivity index (χ4n) is 0.0398. The summed E-state index contributed by atoms with van der Waals surface area (Å²) in [6.07, 6.45) is 1.69. The Kier molecular flexibility index (Phi) is 3.10. The number of aliphatic hydroxyl groups excluding tert-OH is 1. The molecule has 1 N–H and O–H groups in total. The molecule has 0 spiro atoms. The van der Waals surface area contributed by atoms with Crippen LogP contribution in [0, 0.1) is 0 Å². The topological polar surface area (TPSA) is 20.2 Å². The molecular formula is C3H5FO. The molecule has 0 saturated heterocycles. The molecule has 1 nitrogen and oxygen atoms in total. The van der Waals surface area contributed by atoms with Crippen LogP contribution >= 0.6 is 0 Å². The number of aliphatic hydroxyl groups is 1. The van der Waals surface area contributed by atoms with Crippen molar-refractivity contribution in [2.75, 3.05) is 6.67 Å². The molecule has 0 amide bonds. The third-order valence-electron chi connectivity index (χ3n) is 0.194. The molecule has 0 atom stereocenters. The van der Waals surface area contributed by atoms with Gasteiger partial charge in [-0.15, -0.1) is 0 Å². The summed E-state index contributed by atoms with van der Waals surface area (Å²) in [5.41, 5.74) is 0. The number of hydrogen-bond acceptors (Lipinski definition) is 1. The number of alkyl halides is 1. The van der Waals surface area contributed by atoms with Crippen LogP contribution in [0.5, 0.6) is 0 Å². The molecule has 0 aliphatic heterocycles. The van der Waals surface area contributed by atoms with Crippen LogP contribution in [0.3, 0.4) is 0 Å². The van der Waals surface area contributed by atoms with E-state index in [2.05, 4.69) is 0 Å². The summed E-state index contributed by atoms with van der Waals surface area (Å²) < 4.78 is 10.7. The first-order chi connectivity index (χ1) is 2.41. The highest BCUT2D eigenvalue weighted by Crippen LogP contribution is 1.64. The lowest BCUT2D eigenvalue weighted by atomic mass is 10.7. The zero-order valence-corrected chi connectivity index (χ0v) is 2.69. The summed E-state index contributed by atoms with van der Waals surface area (Å²) in [5.74, 6) is 0. The number of hydrogen-bond donors (Lipinski definition) is 1. The predicted octanol–water partition coefficient (Wildman–Crippen LogP) is 1.03. The molecule has 0 aliphatic carbocycles. The summed E-state index contributed by atoms with van der Waals surface area (Å²) in [4.78, 5) is 0. The number of rotatable bonds is 1. The zero-order chi connectivity index (χ0) is 4.12. The van der Waals surface area contributed by atoms with Crippen molar-refractivity contribution in [2.24, 2.45) is 0 Å². The van der Waals surface area contributed by atoms with Gasteiger partial charge < -0.3 is 5.11 Å². The maximum absolute atomic E-state index is 10.7. The standard InChI is InChI=1S/C3H5FO/c4-2-1-3-5/h1,3,5H,2H2. The van der Waals surface area contributed by atoms with E-state index in [4.69, 9.17) is 5.11 Å². The molecule has 0 saturated carbocycles. The van der Waals surface area contributed by atoms with Gasteiger partial charge in [0.2, 0.25) is 0 Å². The van der Waals surface area contributed by atoms with Crippen molar-refractivity contribution in [1.82, 2.24) is 0 Å². The second-order valence-corrected chi connectivity index (χ2v) is 0.539. The van der Waals surface area contributed by atoms with Crippen LogP contribution in [0.25, 0.3) is 0 Å². The van der Waals surface area contributed by atoms with Crippen molar-refractivity contribution in [2.45, 2.75) is 0 Å². The highest BCUT2D eigenvalue weighted by molar-refractivity contribution is 4.68. The molecule has 5 heavy (non-hydrogen) atoms. The summed E-state index contributed by atoms with van der Waals surface area (Å²) in [6, 6.07) is 0. The Morgan fingerprint density at radius 3 is 2.40 bits per heavy atom. The van der Waals surface area contributed by atoms with Crippen LogP contribution in [0.15, 0.2) is 12.3 Å². The highest BCUT2D eigenvalue weighted by atomic mass is 19.1. The van der Waals surface area contributed by atoms with E-state index in [1.807, 2.05) is 0 Å². The second kappa shape index (κ2) is 3.47. The summed E-state index contributed by atoms with van der Waals surface area (Å²) in [5, 5.41) is 7.65. The fourth-order valence-corrected chi connectivity index (χ4v) is 0.0398. The van der Waals surface area contributed by atoms with E-state index >= 15 is 0 Å². The van der Waals surface area contributed by atoms with E-state index in [-0.39, 0.29) is 0 Å². The molecule has 0 aromatic rings. The lowest BCUT2D eigenvalue weighted by Gasteiger charge is -1.63. The van der Waals surface area contributed by atoms with Crippen molar-refractivity contribution in [3.8, 4) is 0 Å². The van der Waals surface area contributed by atoms with Gasteiger partial charge in [-0.3, -0.25) is 0 Å². The van der Waals surface area contributed by atoms with Crippen LogP contribution in [0.4, 0.5) is 4.39 Å². The smallest absolute Gasteiger partial charge is 0.111 e. The van der Waals surface area contributed by atoms with Gasteiger partial charge in [0.25, 0.3) is 0 Å². The fraction of sp³-hybridized carbons (Fsp3) is 0.333. The Balaban J connectivity index is 2.62. The third kappa shape index (κ3) is 3.47. The minimum atomic E-state index is -0.587. The number of allylic oxidation sites excluding steroid dienone is 1. The average Bonchev–Trinajstić information content (AvgIpc) is 1.41. The van der Waals surface area contributed by atoms with Gasteiger partial charge >= 0.3 is 0 Å². The molecular weight excluding hydrogens is 71.0 g/mol. The second-order valence-electron chi connectivity index (χ2n) is 0.539. The summed E-state index contributed by atoms with van der Waals surface area (Å²) >= 11 is 0. The predicted molar refractivity (Wildman–Crippen MR) is 17.7 cm³/mol. The van der Waals surface area contributed by atoms with Gasteiger partial charge in [0.1, 0.15) is 6.67 Å². The van der Waals surface area contributed by atoms with Gasteiger partial charge in [-0.2, -0.15) is 0 Å². The van der Waals surface area contributed by atoms with Crippen molar-refractivity contribution >= 4 is 0 Å². The lowest BCUT2D eigenvalue weighted by Crippen LogP contribution is -1.56. The van der Waals surface area contributed by atoms with Gasteiger partial charge in [-0.1, -0.05) is 0 Å². The van der Waals surface area contributed by atoms with E-state index in [1.54, 1.807) is 0 Å². The molecule has 0 aromatic heterocycles. The maximum atomic E-state index is 10.7. The van der Waals surface area contributed by atoms with Crippen molar-refractivity contribution in [3.05, 3.63) is 12.3 Å². The molecule has 0 heterocycles. The largest absolute Gasteiger partial charge is 0.516 e. The molecule has 30 valence electrons. The van der Waals surface area contributed by atoms with Crippen molar-refractivity contribution < 1.29 is 9.50 Å². The molecule has 0 radical (unpaired) electrons. The first-order valence-corrected chi connectivity index (χ1v) is 1.27. The summed E-state index contributed by atoms with van der Waals surface area (Å²) in [7, 11) is 0. The molecule has 0 bridgehead atoms. The maximum Gasteiger partial charge on any atom is 0.111 e. The molecule has 0 aromatic carbocycles. The third-order valence-corrected chi connectivity index (χ3v) is 0.194. The van der Waals surface area contributed by atoms with E-state index < -0.39 is 6.67 Å². The average molecular weight is 76.1 g/mol. The van der Waals surface area contributed by atoms with E-state index in [1.165, 1.54) is 0 Å². The first kappa shape index (κ1) is 4.47. The Morgan fingerprint density at radius 2 is 2.40 bits per heavy atom. The van der Waals surface area contributed by atoms with Gasteiger partial charge in [0.15, 0.2) is 0 Å². The Bertz CT molecular complexity index is 33.9. The van der Waals surface area contributed by atoms with Crippen LogP contribution in [0.2, 0.25) is 0 Å². The van der Waals surface area contributed by atoms with Gasteiger partial charge in [0, 0.05) is 0 Å². The van der Waals surface area contributed by atoms with Crippen molar-refractivity contribution in [1.29, 1.82) is 0 Å². The molecule has 0 unspecified atom stereocenters. The zero-order valence-electron chi connectivity index (χ0n) is 2.69. The van der Waals surface area contributed by atoms with Crippen LogP contribution in [0.1, 0.15) is 0 Å². The lowest BCUT2D eigenvalue weighted by molar-refractivity contribution is 0.462.